The number of halogens is 1. The van der Waals surface area contributed by atoms with Crippen LogP contribution in [0.2, 0.25) is 0 Å². The first-order chi connectivity index (χ1) is 15.8. The molecule has 2 fully saturated rings. The van der Waals surface area contributed by atoms with E-state index in [1.54, 1.807) is 6.20 Å². The van der Waals surface area contributed by atoms with Gasteiger partial charge in [0.05, 0.1) is 16.4 Å². The minimum atomic E-state index is 0.437. The Morgan fingerprint density at radius 1 is 1.19 bits per heavy atom. The molecule has 5 heterocycles. The van der Waals surface area contributed by atoms with Crippen molar-refractivity contribution in [3.8, 4) is 0 Å². The maximum Gasteiger partial charge on any atom is 0.171 e. The van der Waals surface area contributed by atoms with Gasteiger partial charge < -0.3 is 10.1 Å². The molecule has 0 radical (unpaired) electrons. The summed E-state index contributed by atoms with van der Waals surface area (Å²) in [5.74, 6) is 1.40. The number of pyridine rings is 1. The molecular formula is C24H33BrN6O. The van der Waals surface area contributed by atoms with Crippen LogP contribution in [0.25, 0.3) is 5.65 Å². The SMILES string of the molecule is Brc1cnn2c(NCc3cccnc3)cc(C3CCCN(C4CCOCC4)C3)nc12.CC. The van der Waals surface area contributed by atoms with Gasteiger partial charge in [-0.1, -0.05) is 19.9 Å². The van der Waals surface area contributed by atoms with Gasteiger partial charge in [-0.3, -0.25) is 9.88 Å². The minimum Gasteiger partial charge on any atom is -0.381 e. The molecule has 1 unspecified atom stereocenters. The summed E-state index contributed by atoms with van der Waals surface area (Å²) in [5, 5.41) is 8.05. The van der Waals surface area contributed by atoms with E-state index < -0.39 is 0 Å². The van der Waals surface area contributed by atoms with Crippen molar-refractivity contribution in [1.82, 2.24) is 24.5 Å². The molecule has 0 saturated carbocycles. The Morgan fingerprint density at radius 2 is 2.03 bits per heavy atom. The zero-order valence-electron chi connectivity index (χ0n) is 19.0. The summed E-state index contributed by atoms with van der Waals surface area (Å²) in [6, 6.07) is 6.86. The summed E-state index contributed by atoms with van der Waals surface area (Å²) in [6.07, 6.45) is 10.2. The van der Waals surface area contributed by atoms with Gasteiger partial charge in [0.1, 0.15) is 5.82 Å². The molecule has 3 aromatic heterocycles. The van der Waals surface area contributed by atoms with Gasteiger partial charge >= 0.3 is 0 Å². The van der Waals surface area contributed by atoms with Gasteiger partial charge in [0.2, 0.25) is 0 Å². The number of nitrogens with zero attached hydrogens (tertiary/aromatic N) is 5. The predicted octanol–water partition coefficient (Wildman–Crippen LogP) is 4.88. The van der Waals surface area contributed by atoms with Crippen LogP contribution in [-0.4, -0.2) is 56.8 Å². The number of ether oxygens (including phenoxy) is 1. The molecule has 0 amide bonds. The quantitative estimate of drug-likeness (QED) is 0.538. The summed E-state index contributed by atoms with van der Waals surface area (Å²) < 4.78 is 8.37. The van der Waals surface area contributed by atoms with Crippen molar-refractivity contribution in [2.75, 3.05) is 31.6 Å². The van der Waals surface area contributed by atoms with E-state index in [2.05, 4.69) is 48.4 Å². The summed E-state index contributed by atoms with van der Waals surface area (Å²) in [6.45, 7) is 8.73. The second-order valence-corrected chi connectivity index (χ2v) is 9.04. The lowest BCUT2D eigenvalue weighted by molar-refractivity contribution is 0.0238. The Hall–Kier alpha value is -2.03. The molecule has 2 saturated heterocycles. The van der Waals surface area contributed by atoms with Crippen molar-refractivity contribution in [3.05, 3.63) is 52.5 Å². The fourth-order valence-electron chi connectivity index (χ4n) is 4.61. The Bertz CT molecular complexity index is 989. The molecule has 1 atom stereocenters. The van der Waals surface area contributed by atoms with E-state index in [0.717, 1.165) is 59.8 Å². The second kappa shape index (κ2) is 11.2. The molecule has 32 heavy (non-hydrogen) atoms. The Labute approximate surface area is 198 Å². The molecular weight excluding hydrogens is 468 g/mol. The van der Waals surface area contributed by atoms with Gasteiger partial charge in [-0.15, -0.1) is 0 Å². The number of nitrogens with one attached hydrogen (secondary N) is 1. The Kier molecular flexibility index (Phi) is 8.10. The first kappa shape index (κ1) is 23.1. The monoisotopic (exact) mass is 500 g/mol. The van der Waals surface area contributed by atoms with E-state index in [4.69, 9.17) is 9.72 Å². The van der Waals surface area contributed by atoms with E-state index in [9.17, 15) is 0 Å². The fourth-order valence-corrected chi connectivity index (χ4v) is 4.96. The number of hydrogen-bond donors (Lipinski definition) is 1. The lowest BCUT2D eigenvalue weighted by atomic mass is 9.92. The van der Waals surface area contributed by atoms with E-state index in [1.165, 1.54) is 19.4 Å². The third-order valence-electron chi connectivity index (χ3n) is 6.22. The topological polar surface area (TPSA) is 67.6 Å². The van der Waals surface area contributed by atoms with Crippen molar-refractivity contribution in [2.24, 2.45) is 0 Å². The van der Waals surface area contributed by atoms with Gasteiger partial charge in [-0.25, -0.2) is 4.98 Å². The van der Waals surface area contributed by atoms with Crippen LogP contribution in [0.3, 0.4) is 0 Å². The number of likely N-dealkylation sites (tertiary alicyclic amines) is 1. The van der Waals surface area contributed by atoms with Crippen molar-refractivity contribution >= 4 is 27.4 Å². The molecule has 1 N–H and O–H groups in total. The first-order valence-electron chi connectivity index (χ1n) is 11.8. The zero-order chi connectivity index (χ0) is 22.3. The summed E-state index contributed by atoms with van der Waals surface area (Å²) in [7, 11) is 0. The van der Waals surface area contributed by atoms with Crippen LogP contribution < -0.4 is 5.32 Å². The maximum absolute atomic E-state index is 5.57. The van der Waals surface area contributed by atoms with Gasteiger partial charge in [-0.05, 0) is 59.8 Å². The molecule has 8 heteroatoms. The predicted molar refractivity (Wildman–Crippen MR) is 131 cm³/mol. The zero-order valence-corrected chi connectivity index (χ0v) is 20.6. The standard InChI is InChI=1S/C22H27BrN6O.C2H6/c23-19-14-26-29-21(25-13-16-3-1-7-24-12-16)11-20(27-22(19)29)17-4-2-8-28(15-17)18-5-9-30-10-6-18;1-2/h1,3,7,11-12,14,17-18,25H,2,4-6,8-10,13,15H2;1-2H3. The van der Waals surface area contributed by atoms with Crippen LogP contribution in [0.15, 0.2) is 41.3 Å². The Balaban J connectivity index is 0.00000119. The molecule has 2 aliphatic heterocycles. The third kappa shape index (κ3) is 5.30. The van der Waals surface area contributed by atoms with Crippen LogP contribution >= 0.6 is 15.9 Å². The molecule has 2 aliphatic rings. The number of piperidine rings is 1. The van der Waals surface area contributed by atoms with Gasteiger partial charge in [0, 0.05) is 56.7 Å². The summed E-state index contributed by atoms with van der Waals surface area (Å²) >= 11 is 3.62. The van der Waals surface area contributed by atoms with Crippen LogP contribution in [0.1, 0.15) is 56.7 Å². The largest absolute Gasteiger partial charge is 0.381 e. The molecule has 0 spiro atoms. The van der Waals surface area contributed by atoms with Gasteiger partial charge in [0.15, 0.2) is 5.65 Å². The molecule has 5 rings (SSSR count). The fraction of sp³-hybridized carbons (Fsp3) is 0.542. The van der Waals surface area contributed by atoms with E-state index in [1.807, 2.05) is 36.8 Å². The van der Waals surface area contributed by atoms with E-state index in [-0.39, 0.29) is 0 Å². The van der Waals surface area contributed by atoms with Crippen molar-refractivity contribution < 1.29 is 4.74 Å². The number of fused-ring (bicyclic) bond motifs is 1. The van der Waals surface area contributed by atoms with Crippen LogP contribution in [0.4, 0.5) is 5.82 Å². The molecule has 0 aromatic carbocycles. The summed E-state index contributed by atoms with van der Waals surface area (Å²) in [5.41, 5.74) is 3.15. The molecule has 0 aliphatic carbocycles. The lowest BCUT2D eigenvalue weighted by Gasteiger charge is -2.39. The average molecular weight is 501 g/mol. The minimum absolute atomic E-state index is 0.437. The highest BCUT2D eigenvalue weighted by molar-refractivity contribution is 9.10. The first-order valence-corrected chi connectivity index (χ1v) is 12.6. The number of rotatable bonds is 5. The van der Waals surface area contributed by atoms with Gasteiger partial charge in [0.25, 0.3) is 0 Å². The Morgan fingerprint density at radius 3 is 2.81 bits per heavy atom. The highest BCUT2D eigenvalue weighted by atomic mass is 79.9. The van der Waals surface area contributed by atoms with E-state index in [0.29, 0.717) is 18.5 Å². The number of hydrogen-bond acceptors (Lipinski definition) is 6. The van der Waals surface area contributed by atoms with Crippen molar-refractivity contribution in [3.63, 3.8) is 0 Å². The third-order valence-corrected chi connectivity index (χ3v) is 6.78. The normalized spacial score (nSPS) is 20.0. The summed E-state index contributed by atoms with van der Waals surface area (Å²) in [4.78, 5) is 11.9. The van der Waals surface area contributed by atoms with Gasteiger partial charge in [-0.2, -0.15) is 9.61 Å². The molecule has 172 valence electrons. The highest BCUT2D eigenvalue weighted by Gasteiger charge is 2.29. The van der Waals surface area contributed by atoms with E-state index >= 15 is 0 Å². The average Bonchev–Trinajstić information content (AvgIpc) is 3.26. The molecule has 7 nitrogen and oxygen atoms in total. The van der Waals surface area contributed by atoms with Crippen LogP contribution in [0, 0.1) is 0 Å². The number of anilines is 1. The highest BCUT2D eigenvalue weighted by Crippen LogP contribution is 2.31. The van der Waals surface area contributed by atoms with Crippen molar-refractivity contribution in [1.29, 1.82) is 0 Å². The van der Waals surface area contributed by atoms with Crippen LogP contribution in [-0.2, 0) is 11.3 Å². The lowest BCUT2D eigenvalue weighted by Crippen LogP contribution is -2.44. The van der Waals surface area contributed by atoms with Crippen LogP contribution in [0.5, 0.6) is 0 Å². The van der Waals surface area contributed by atoms with Crippen molar-refractivity contribution in [2.45, 2.75) is 58.0 Å². The maximum atomic E-state index is 5.57. The molecule has 3 aromatic rings. The molecule has 0 bridgehead atoms. The second-order valence-electron chi connectivity index (χ2n) is 8.19. The smallest absolute Gasteiger partial charge is 0.171 e. The number of aromatic nitrogens is 4.